The molecule has 0 saturated carbocycles. The van der Waals surface area contributed by atoms with Gasteiger partial charge in [0.1, 0.15) is 0 Å². The topological polar surface area (TPSA) is 12.0 Å². The van der Waals surface area contributed by atoms with E-state index in [2.05, 4.69) is 27.3 Å². The SMILES string of the molecule is Clc1cccc(C2CCc3cc(Cl)cc(Br)c3N2)c1. The minimum atomic E-state index is 0.295. The fourth-order valence-corrected chi connectivity index (χ4v) is 3.69. The van der Waals surface area contributed by atoms with Crippen LogP contribution in [-0.4, -0.2) is 0 Å². The molecule has 0 spiro atoms. The van der Waals surface area contributed by atoms with Gasteiger partial charge in [-0.2, -0.15) is 0 Å². The average molecular weight is 357 g/mol. The van der Waals surface area contributed by atoms with Gasteiger partial charge in [-0.25, -0.2) is 0 Å². The number of rotatable bonds is 1. The molecule has 0 aromatic heterocycles. The molecule has 2 aromatic carbocycles. The zero-order valence-corrected chi connectivity index (χ0v) is 13.2. The molecule has 0 aliphatic carbocycles. The van der Waals surface area contributed by atoms with E-state index in [4.69, 9.17) is 23.2 Å². The van der Waals surface area contributed by atoms with Crippen molar-refractivity contribution < 1.29 is 0 Å². The lowest BCUT2D eigenvalue weighted by molar-refractivity contribution is 0.667. The van der Waals surface area contributed by atoms with Gasteiger partial charge in [-0.3, -0.25) is 0 Å². The van der Waals surface area contributed by atoms with Crippen LogP contribution < -0.4 is 5.32 Å². The maximum Gasteiger partial charge on any atom is 0.0523 e. The lowest BCUT2D eigenvalue weighted by atomic mass is 9.93. The van der Waals surface area contributed by atoms with E-state index in [1.165, 1.54) is 11.1 Å². The third kappa shape index (κ3) is 2.76. The van der Waals surface area contributed by atoms with Crippen LogP contribution >= 0.6 is 39.1 Å². The van der Waals surface area contributed by atoms with Gasteiger partial charge in [-0.05, 0) is 64.2 Å². The number of hydrogen-bond donors (Lipinski definition) is 1. The summed E-state index contributed by atoms with van der Waals surface area (Å²) < 4.78 is 1.02. The highest BCUT2D eigenvalue weighted by Crippen LogP contribution is 2.39. The Morgan fingerprint density at radius 3 is 2.74 bits per heavy atom. The quantitative estimate of drug-likeness (QED) is 0.675. The number of aryl methyl sites for hydroxylation is 1. The van der Waals surface area contributed by atoms with Crippen molar-refractivity contribution in [2.24, 2.45) is 0 Å². The summed E-state index contributed by atoms with van der Waals surface area (Å²) in [5.41, 5.74) is 3.62. The van der Waals surface area contributed by atoms with Gasteiger partial charge in [-0.1, -0.05) is 35.3 Å². The molecule has 1 N–H and O–H groups in total. The minimum Gasteiger partial charge on any atom is -0.377 e. The van der Waals surface area contributed by atoms with Crippen LogP contribution in [0.5, 0.6) is 0 Å². The highest BCUT2D eigenvalue weighted by molar-refractivity contribution is 9.10. The first-order valence-corrected chi connectivity index (χ1v) is 7.68. The highest BCUT2D eigenvalue weighted by atomic mass is 79.9. The molecule has 3 rings (SSSR count). The van der Waals surface area contributed by atoms with Gasteiger partial charge in [0.05, 0.1) is 11.7 Å². The van der Waals surface area contributed by atoms with Crippen LogP contribution in [0.2, 0.25) is 10.0 Å². The van der Waals surface area contributed by atoms with Crippen LogP contribution in [-0.2, 0) is 6.42 Å². The Kier molecular flexibility index (Phi) is 3.75. The summed E-state index contributed by atoms with van der Waals surface area (Å²) in [6.07, 6.45) is 2.05. The Morgan fingerprint density at radius 1 is 1.11 bits per heavy atom. The van der Waals surface area contributed by atoms with Crippen molar-refractivity contribution in [3.63, 3.8) is 0 Å². The Labute approximate surface area is 131 Å². The highest BCUT2D eigenvalue weighted by Gasteiger charge is 2.21. The molecular formula is C15H12BrCl2N. The largest absolute Gasteiger partial charge is 0.377 e. The molecule has 0 radical (unpaired) electrons. The van der Waals surface area contributed by atoms with Crippen LogP contribution in [0.15, 0.2) is 40.9 Å². The van der Waals surface area contributed by atoms with Gasteiger partial charge in [0.25, 0.3) is 0 Å². The summed E-state index contributed by atoms with van der Waals surface area (Å²) >= 11 is 15.7. The van der Waals surface area contributed by atoms with Gasteiger partial charge in [-0.15, -0.1) is 0 Å². The third-order valence-electron chi connectivity index (χ3n) is 3.41. The molecule has 1 aliphatic rings. The zero-order valence-electron chi connectivity index (χ0n) is 10.1. The number of benzene rings is 2. The summed E-state index contributed by atoms with van der Waals surface area (Å²) in [6.45, 7) is 0. The van der Waals surface area contributed by atoms with Gasteiger partial charge >= 0.3 is 0 Å². The lowest BCUT2D eigenvalue weighted by Gasteiger charge is -2.28. The predicted molar refractivity (Wildman–Crippen MR) is 85.3 cm³/mol. The van der Waals surface area contributed by atoms with E-state index in [1.807, 2.05) is 30.3 Å². The molecule has 1 nitrogen and oxygen atoms in total. The van der Waals surface area contributed by atoms with Gasteiger partial charge in [0, 0.05) is 14.5 Å². The molecule has 1 atom stereocenters. The summed E-state index contributed by atoms with van der Waals surface area (Å²) in [5, 5.41) is 5.12. The zero-order chi connectivity index (χ0) is 13.4. The van der Waals surface area contributed by atoms with Crippen molar-refractivity contribution in [1.82, 2.24) is 0 Å². The van der Waals surface area contributed by atoms with E-state index < -0.39 is 0 Å². The first kappa shape index (κ1) is 13.3. The molecular weight excluding hydrogens is 345 g/mol. The standard InChI is InChI=1S/C15H12BrCl2N/c16-13-8-12(18)7-10-4-5-14(19-15(10)13)9-2-1-3-11(17)6-9/h1-3,6-8,14,19H,4-5H2. The molecule has 19 heavy (non-hydrogen) atoms. The van der Waals surface area contributed by atoms with E-state index in [9.17, 15) is 0 Å². The lowest BCUT2D eigenvalue weighted by Crippen LogP contribution is -2.18. The number of halogens is 3. The summed E-state index contributed by atoms with van der Waals surface area (Å²) in [5.74, 6) is 0. The van der Waals surface area contributed by atoms with Crippen molar-refractivity contribution in [1.29, 1.82) is 0 Å². The second-order valence-corrected chi connectivity index (χ2v) is 6.44. The van der Waals surface area contributed by atoms with Crippen molar-refractivity contribution in [2.45, 2.75) is 18.9 Å². The minimum absolute atomic E-state index is 0.295. The van der Waals surface area contributed by atoms with Crippen LogP contribution in [0.4, 0.5) is 5.69 Å². The van der Waals surface area contributed by atoms with E-state index in [0.29, 0.717) is 6.04 Å². The van der Waals surface area contributed by atoms with E-state index in [-0.39, 0.29) is 0 Å². The molecule has 1 aliphatic heterocycles. The van der Waals surface area contributed by atoms with E-state index in [1.54, 1.807) is 0 Å². The normalized spacial score (nSPS) is 17.7. The smallest absolute Gasteiger partial charge is 0.0523 e. The van der Waals surface area contributed by atoms with Crippen LogP contribution in [0.25, 0.3) is 0 Å². The number of hydrogen-bond acceptors (Lipinski definition) is 1. The maximum absolute atomic E-state index is 6.08. The predicted octanol–water partition coefficient (Wildman–Crippen LogP) is 5.86. The van der Waals surface area contributed by atoms with E-state index >= 15 is 0 Å². The van der Waals surface area contributed by atoms with Crippen LogP contribution in [0, 0.1) is 0 Å². The second kappa shape index (κ2) is 5.35. The monoisotopic (exact) mass is 355 g/mol. The molecule has 0 fully saturated rings. The Bertz CT molecular complexity index is 628. The molecule has 1 heterocycles. The van der Waals surface area contributed by atoms with Gasteiger partial charge in [0.15, 0.2) is 0 Å². The van der Waals surface area contributed by atoms with Crippen molar-refractivity contribution in [2.75, 3.05) is 5.32 Å². The average Bonchev–Trinajstić information content (AvgIpc) is 2.38. The molecule has 98 valence electrons. The number of fused-ring (bicyclic) bond motifs is 1. The Balaban J connectivity index is 1.94. The molecule has 0 amide bonds. The second-order valence-electron chi connectivity index (χ2n) is 4.71. The fourth-order valence-electron chi connectivity index (χ4n) is 2.51. The number of nitrogens with one attached hydrogen (secondary N) is 1. The molecule has 1 unspecified atom stereocenters. The van der Waals surface area contributed by atoms with Crippen LogP contribution in [0.3, 0.4) is 0 Å². The first-order chi connectivity index (χ1) is 9.13. The molecule has 4 heteroatoms. The molecule has 2 aromatic rings. The number of anilines is 1. The van der Waals surface area contributed by atoms with Gasteiger partial charge < -0.3 is 5.32 Å². The summed E-state index contributed by atoms with van der Waals surface area (Å²) in [4.78, 5) is 0. The summed E-state index contributed by atoms with van der Waals surface area (Å²) in [6, 6.07) is 12.3. The molecule has 0 bridgehead atoms. The summed E-state index contributed by atoms with van der Waals surface area (Å²) in [7, 11) is 0. The Hall–Kier alpha value is -0.700. The molecule has 0 saturated heterocycles. The van der Waals surface area contributed by atoms with Crippen molar-refractivity contribution >= 4 is 44.8 Å². The third-order valence-corrected chi connectivity index (χ3v) is 4.49. The van der Waals surface area contributed by atoms with E-state index in [0.717, 1.165) is 33.0 Å². The first-order valence-electron chi connectivity index (χ1n) is 6.13. The van der Waals surface area contributed by atoms with Gasteiger partial charge in [0.2, 0.25) is 0 Å². The van der Waals surface area contributed by atoms with Crippen molar-refractivity contribution in [3.8, 4) is 0 Å². The van der Waals surface area contributed by atoms with Crippen molar-refractivity contribution in [3.05, 3.63) is 62.0 Å². The Morgan fingerprint density at radius 2 is 1.95 bits per heavy atom. The maximum atomic E-state index is 6.08. The van der Waals surface area contributed by atoms with Crippen LogP contribution in [0.1, 0.15) is 23.6 Å². The fraction of sp³-hybridized carbons (Fsp3) is 0.200.